The van der Waals surface area contributed by atoms with Gasteiger partial charge in [-0.15, -0.1) is 0 Å². The van der Waals surface area contributed by atoms with E-state index in [4.69, 9.17) is 9.47 Å². The minimum atomic E-state index is -0.872. The maximum absolute atomic E-state index is 12.5. The van der Waals surface area contributed by atoms with E-state index in [9.17, 15) is 9.59 Å². The molecule has 0 bridgehead atoms. The smallest absolute Gasteiger partial charge is 0.331 e. The van der Waals surface area contributed by atoms with E-state index in [-0.39, 0.29) is 11.9 Å². The van der Waals surface area contributed by atoms with Crippen molar-refractivity contribution in [3.8, 4) is 5.75 Å². The van der Waals surface area contributed by atoms with Gasteiger partial charge in [0.15, 0.2) is 6.10 Å². The molecule has 0 heterocycles. The monoisotopic (exact) mass is 393 g/mol. The molecule has 152 valence electrons. The molecule has 0 saturated carbocycles. The first-order valence-electron chi connectivity index (χ1n) is 10.1. The molecule has 2 atom stereocenters. The number of rotatable bonds is 7. The first kappa shape index (κ1) is 20.6. The molecule has 1 aliphatic carbocycles. The Labute approximate surface area is 171 Å². The molecule has 0 saturated heterocycles. The van der Waals surface area contributed by atoms with Crippen LogP contribution >= 0.6 is 0 Å². The molecule has 3 rings (SSSR count). The summed E-state index contributed by atoms with van der Waals surface area (Å²) in [4.78, 5) is 24.7. The molecule has 1 N–H and O–H groups in total. The molecule has 2 aromatic rings. The van der Waals surface area contributed by atoms with Crippen molar-refractivity contribution in [3.05, 3.63) is 71.3 Å². The Morgan fingerprint density at radius 2 is 1.93 bits per heavy atom. The van der Waals surface area contributed by atoms with E-state index in [1.165, 1.54) is 11.6 Å². The second-order valence-corrected chi connectivity index (χ2v) is 7.04. The van der Waals surface area contributed by atoms with Crippen molar-refractivity contribution in [2.45, 2.75) is 45.3 Å². The van der Waals surface area contributed by atoms with E-state index in [0.717, 1.165) is 30.4 Å². The van der Waals surface area contributed by atoms with Crippen molar-refractivity contribution in [3.63, 3.8) is 0 Å². The summed E-state index contributed by atoms with van der Waals surface area (Å²) in [5.41, 5.74) is 3.20. The van der Waals surface area contributed by atoms with Crippen molar-refractivity contribution < 1.29 is 19.1 Å². The van der Waals surface area contributed by atoms with Crippen molar-refractivity contribution in [2.24, 2.45) is 0 Å². The quantitative estimate of drug-likeness (QED) is 0.565. The normalized spacial score (nSPS) is 16.7. The van der Waals surface area contributed by atoms with Gasteiger partial charge in [0.05, 0.1) is 12.6 Å². The highest BCUT2D eigenvalue weighted by atomic mass is 16.5. The molecule has 0 fully saturated rings. The van der Waals surface area contributed by atoms with Crippen LogP contribution in [-0.2, 0) is 20.7 Å². The summed E-state index contributed by atoms with van der Waals surface area (Å²) in [5, 5.41) is 3.02. The summed E-state index contributed by atoms with van der Waals surface area (Å²) in [7, 11) is 0. The van der Waals surface area contributed by atoms with Crippen LogP contribution in [0.1, 0.15) is 49.4 Å². The van der Waals surface area contributed by atoms with Gasteiger partial charge in [-0.05, 0) is 56.4 Å². The van der Waals surface area contributed by atoms with E-state index in [2.05, 4.69) is 17.4 Å². The van der Waals surface area contributed by atoms with Gasteiger partial charge in [0.2, 0.25) is 0 Å². The predicted octanol–water partition coefficient (Wildman–Crippen LogP) is 4.22. The summed E-state index contributed by atoms with van der Waals surface area (Å²) in [5.74, 6) is -0.160. The molecule has 0 unspecified atom stereocenters. The number of amides is 1. The van der Waals surface area contributed by atoms with Gasteiger partial charge in [-0.1, -0.05) is 42.5 Å². The highest BCUT2D eigenvalue weighted by molar-refractivity contribution is 5.90. The standard InChI is InChI=1S/C24H27NO4/c1-3-28-22-14-7-5-10-19(22)15-16-23(26)29-17(2)24(27)25-21-13-8-11-18-9-4-6-12-20(18)21/h4-7,9-10,12,14-17,21H,3,8,11,13H2,1-2H3,(H,25,27)/b16-15+/t17-,21-/m0/s1. The van der Waals surface area contributed by atoms with Crippen molar-refractivity contribution in [2.75, 3.05) is 6.61 Å². The fraction of sp³-hybridized carbons (Fsp3) is 0.333. The van der Waals surface area contributed by atoms with Crippen molar-refractivity contribution in [1.29, 1.82) is 0 Å². The van der Waals surface area contributed by atoms with Crippen LogP contribution in [0.15, 0.2) is 54.6 Å². The van der Waals surface area contributed by atoms with Crippen LogP contribution in [0.25, 0.3) is 6.08 Å². The average Bonchev–Trinajstić information content (AvgIpc) is 2.73. The fourth-order valence-electron chi connectivity index (χ4n) is 3.52. The highest BCUT2D eigenvalue weighted by Gasteiger charge is 2.24. The number of carbonyl (C=O) groups is 2. The Hall–Kier alpha value is -3.08. The van der Waals surface area contributed by atoms with E-state index in [1.54, 1.807) is 13.0 Å². The Morgan fingerprint density at radius 3 is 2.76 bits per heavy atom. The van der Waals surface area contributed by atoms with Crippen LogP contribution in [0.2, 0.25) is 0 Å². The van der Waals surface area contributed by atoms with Gasteiger partial charge in [0.25, 0.3) is 5.91 Å². The summed E-state index contributed by atoms with van der Waals surface area (Å²) in [6.45, 7) is 4.03. The first-order valence-corrected chi connectivity index (χ1v) is 10.1. The number of hydrogen-bond acceptors (Lipinski definition) is 4. The van der Waals surface area contributed by atoms with Crippen LogP contribution in [0, 0.1) is 0 Å². The molecule has 0 aromatic heterocycles. The van der Waals surface area contributed by atoms with Crippen molar-refractivity contribution in [1.82, 2.24) is 5.32 Å². The number of nitrogens with one attached hydrogen (secondary N) is 1. The molecule has 5 heteroatoms. The summed E-state index contributed by atoms with van der Waals surface area (Å²) < 4.78 is 10.8. The summed E-state index contributed by atoms with van der Waals surface area (Å²) in [6, 6.07) is 15.5. The number of ether oxygens (including phenoxy) is 2. The molecule has 1 amide bonds. The van der Waals surface area contributed by atoms with E-state index in [1.807, 2.05) is 43.3 Å². The molecule has 0 spiro atoms. The minimum absolute atomic E-state index is 0.0396. The maximum atomic E-state index is 12.5. The van der Waals surface area contributed by atoms with Crippen LogP contribution in [0.5, 0.6) is 5.75 Å². The number of para-hydroxylation sites is 1. The van der Waals surface area contributed by atoms with Gasteiger partial charge in [-0.3, -0.25) is 4.79 Å². The molecule has 29 heavy (non-hydrogen) atoms. The van der Waals surface area contributed by atoms with Gasteiger partial charge in [-0.2, -0.15) is 0 Å². The fourth-order valence-corrected chi connectivity index (χ4v) is 3.52. The largest absolute Gasteiger partial charge is 0.493 e. The van der Waals surface area contributed by atoms with Gasteiger partial charge in [-0.25, -0.2) is 4.79 Å². The van der Waals surface area contributed by atoms with Gasteiger partial charge >= 0.3 is 5.97 Å². The van der Waals surface area contributed by atoms with Crippen LogP contribution < -0.4 is 10.1 Å². The Kier molecular flexibility index (Phi) is 7.06. The zero-order valence-electron chi connectivity index (χ0n) is 16.9. The average molecular weight is 393 g/mol. The summed E-state index contributed by atoms with van der Waals surface area (Å²) >= 11 is 0. The molecular weight excluding hydrogens is 366 g/mol. The number of benzene rings is 2. The van der Waals surface area contributed by atoms with Gasteiger partial charge in [0.1, 0.15) is 5.75 Å². The minimum Gasteiger partial charge on any atom is -0.493 e. The SMILES string of the molecule is CCOc1ccccc1/C=C/C(=O)O[C@@H](C)C(=O)N[C@H]1CCCc2ccccc21. The third kappa shape index (κ3) is 5.47. The van der Waals surface area contributed by atoms with Crippen LogP contribution in [0.4, 0.5) is 0 Å². The molecule has 0 radical (unpaired) electrons. The summed E-state index contributed by atoms with van der Waals surface area (Å²) in [6.07, 6.45) is 5.02. The number of aryl methyl sites for hydroxylation is 1. The zero-order valence-corrected chi connectivity index (χ0v) is 16.9. The Morgan fingerprint density at radius 1 is 1.17 bits per heavy atom. The van der Waals surface area contributed by atoms with Crippen LogP contribution in [-0.4, -0.2) is 24.6 Å². The second-order valence-electron chi connectivity index (χ2n) is 7.04. The molecule has 1 aliphatic rings. The lowest BCUT2D eigenvalue weighted by atomic mass is 9.87. The lowest BCUT2D eigenvalue weighted by molar-refractivity contribution is -0.150. The molecule has 2 aromatic carbocycles. The second kappa shape index (κ2) is 9.92. The lowest BCUT2D eigenvalue weighted by Gasteiger charge is -2.27. The lowest BCUT2D eigenvalue weighted by Crippen LogP contribution is -2.39. The Bertz CT molecular complexity index is 890. The molecule has 0 aliphatic heterocycles. The predicted molar refractivity (Wildman–Crippen MR) is 112 cm³/mol. The third-order valence-corrected chi connectivity index (χ3v) is 4.97. The number of fused-ring (bicyclic) bond motifs is 1. The number of hydrogen-bond donors (Lipinski definition) is 1. The Balaban J connectivity index is 1.57. The van der Waals surface area contributed by atoms with E-state index >= 15 is 0 Å². The number of esters is 1. The highest BCUT2D eigenvalue weighted by Crippen LogP contribution is 2.29. The molecular formula is C24H27NO4. The van der Waals surface area contributed by atoms with Crippen LogP contribution in [0.3, 0.4) is 0 Å². The zero-order chi connectivity index (χ0) is 20.6. The topological polar surface area (TPSA) is 64.6 Å². The molecule has 5 nitrogen and oxygen atoms in total. The van der Waals surface area contributed by atoms with E-state index in [0.29, 0.717) is 12.4 Å². The maximum Gasteiger partial charge on any atom is 0.331 e. The first-order chi connectivity index (χ1) is 14.1. The van der Waals surface area contributed by atoms with Gasteiger partial charge in [0, 0.05) is 11.6 Å². The third-order valence-electron chi connectivity index (χ3n) is 4.97. The number of carbonyl (C=O) groups excluding carboxylic acids is 2. The van der Waals surface area contributed by atoms with E-state index < -0.39 is 12.1 Å². The van der Waals surface area contributed by atoms with Crippen molar-refractivity contribution >= 4 is 18.0 Å². The van der Waals surface area contributed by atoms with Gasteiger partial charge < -0.3 is 14.8 Å².